The first-order chi connectivity index (χ1) is 8.90. The fourth-order valence-electron chi connectivity index (χ4n) is 1.65. The smallest absolute Gasteiger partial charge is 0.261 e. The van der Waals surface area contributed by atoms with E-state index in [4.69, 9.17) is 15.4 Å². The van der Waals surface area contributed by atoms with Gasteiger partial charge in [-0.2, -0.15) is 11.8 Å². The monoisotopic (exact) mass is 322 g/mol. The average molecular weight is 323 g/mol. The lowest BCUT2D eigenvalue weighted by atomic mass is 9.98. The van der Waals surface area contributed by atoms with Crippen LogP contribution in [0.4, 0.5) is 0 Å². The SMILES string of the molecule is CCC(C)c1cc(S(=O)(=O)Cl)ccc1OCCSC. The maximum atomic E-state index is 11.4. The highest BCUT2D eigenvalue weighted by Crippen LogP contribution is 2.32. The molecule has 0 amide bonds. The van der Waals surface area contributed by atoms with Crippen molar-refractivity contribution in [3.63, 3.8) is 0 Å². The standard InChI is InChI=1S/C13H19ClO3S2/c1-4-10(2)12-9-11(19(14,15)16)5-6-13(12)17-7-8-18-3/h5-6,9-10H,4,7-8H2,1-3H3. The van der Waals surface area contributed by atoms with Crippen molar-refractivity contribution < 1.29 is 13.2 Å². The van der Waals surface area contributed by atoms with Gasteiger partial charge < -0.3 is 4.74 Å². The van der Waals surface area contributed by atoms with Gasteiger partial charge in [-0.15, -0.1) is 0 Å². The van der Waals surface area contributed by atoms with Gasteiger partial charge in [0.2, 0.25) is 0 Å². The molecule has 0 aliphatic heterocycles. The predicted octanol–water partition coefficient (Wildman–Crippen LogP) is 3.87. The first-order valence-corrected chi connectivity index (χ1v) is 9.80. The first kappa shape index (κ1) is 16.7. The summed E-state index contributed by atoms with van der Waals surface area (Å²) in [4.78, 5) is 0.127. The molecular weight excluding hydrogens is 304 g/mol. The van der Waals surface area contributed by atoms with Crippen LogP contribution in [0.1, 0.15) is 31.7 Å². The molecule has 0 saturated carbocycles. The summed E-state index contributed by atoms with van der Waals surface area (Å²) < 4.78 is 28.5. The lowest BCUT2D eigenvalue weighted by Crippen LogP contribution is -2.05. The maximum Gasteiger partial charge on any atom is 0.261 e. The van der Waals surface area contributed by atoms with Crippen LogP contribution in [-0.2, 0) is 9.05 Å². The van der Waals surface area contributed by atoms with Gasteiger partial charge in [-0.05, 0) is 42.4 Å². The van der Waals surface area contributed by atoms with E-state index in [9.17, 15) is 8.42 Å². The number of ether oxygens (including phenoxy) is 1. The summed E-state index contributed by atoms with van der Waals surface area (Å²) in [7, 11) is 1.69. The van der Waals surface area contributed by atoms with E-state index in [1.165, 1.54) is 6.07 Å². The van der Waals surface area contributed by atoms with Gasteiger partial charge in [0, 0.05) is 16.4 Å². The molecule has 0 aliphatic rings. The lowest BCUT2D eigenvalue weighted by molar-refractivity contribution is 0.337. The second-order valence-corrected chi connectivity index (χ2v) is 7.84. The minimum Gasteiger partial charge on any atom is -0.492 e. The molecule has 1 aromatic rings. The van der Waals surface area contributed by atoms with Crippen LogP contribution in [0, 0.1) is 0 Å². The minimum absolute atomic E-state index is 0.127. The third-order valence-corrected chi connectivity index (χ3v) is 4.88. The minimum atomic E-state index is -3.70. The van der Waals surface area contributed by atoms with E-state index in [-0.39, 0.29) is 10.8 Å². The van der Waals surface area contributed by atoms with Crippen LogP contribution in [0.15, 0.2) is 23.1 Å². The van der Waals surface area contributed by atoms with Crippen molar-refractivity contribution in [2.24, 2.45) is 0 Å². The van der Waals surface area contributed by atoms with Crippen molar-refractivity contribution in [2.75, 3.05) is 18.6 Å². The lowest BCUT2D eigenvalue weighted by Gasteiger charge is -2.16. The van der Waals surface area contributed by atoms with E-state index in [1.54, 1.807) is 23.9 Å². The number of hydrogen-bond donors (Lipinski definition) is 0. The van der Waals surface area contributed by atoms with Gasteiger partial charge >= 0.3 is 0 Å². The van der Waals surface area contributed by atoms with Gasteiger partial charge in [-0.3, -0.25) is 0 Å². The molecule has 0 fully saturated rings. The number of hydrogen-bond acceptors (Lipinski definition) is 4. The van der Waals surface area contributed by atoms with Crippen LogP contribution in [0.25, 0.3) is 0 Å². The summed E-state index contributed by atoms with van der Waals surface area (Å²) in [5, 5.41) is 0. The zero-order valence-corrected chi connectivity index (χ0v) is 13.7. The van der Waals surface area contributed by atoms with Crippen LogP contribution in [0.3, 0.4) is 0 Å². The highest BCUT2D eigenvalue weighted by molar-refractivity contribution is 8.13. The van der Waals surface area contributed by atoms with Crippen LogP contribution in [-0.4, -0.2) is 27.0 Å². The summed E-state index contributed by atoms with van der Waals surface area (Å²) >= 11 is 1.71. The molecule has 0 aromatic heterocycles. The predicted molar refractivity (Wildman–Crippen MR) is 82.1 cm³/mol. The first-order valence-electron chi connectivity index (χ1n) is 6.10. The number of rotatable bonds is 7. The molecule has 6 heteroatoms. The normalized spacial score (nSPS) is 13.3. The van der Waals surface area contributed by atoms with Gasteiger partial charge in [0.15, 0.2) is 0 Å². The highest BCUT2D eigenvalue weighted by Gasteiger charge is 2.16. The zero-order valence-electron chi connectivity index (χ0n) is 11.3. The molecule has 1 aromatic carbocycles. The summed E-state index contributed by atoms with van der Waals surface area (Å²) in [6.07, 6.45) is 2.92. The Hall–Kier alpha value is -0.390. The molecule has 0 N–H and O–H groups in total. The number of benzene rings is 1. The summed E-state index contributed by atoms with van der Waals surface area (Å²) in [6, 6.07) is 4.80. The van der Waals surface area contributed by atoms with Crippen molar-refractivity contribution >= 4 is 31.5 Å². The van der Waals surface area contributed by atoms with Gasteiger partial charge in [0.05, 0.1) is 11.5 Å². The van der Waals surface area contributed by atoms with Crippen LogP contribution in [0.2, 0.25) is 0 Å². The van der Waals surface area contributed by atoms with Gasteiger partial charge in [0.1, 0.15) is 5.75 Å². The molecule has 0 spiro atoms. The molecule has 0 bridgehead atoms. The largest absolute Gasteiger partial charge is 0.492 e. The van der Waals surface area contributed by atoms with E-state index in [1.807, 2.05) is 13.2 Å². The Kier molecular flexibility index (Phi) is 6.50. The van der Waals surface area contributed by atoms with Crippen molar-refractivity contribution in [3.05, 3.63) is 23.8 Å². The summed E-state index contributed by atoms with van der Waals surface area (Å²) in [5.74, 6) is 1.87. The van der Waals surface area contributed by atoms with E-state index in [0.29, 0.717) is 6.61 Å². The topological polar surface area (TPSA) is 43.4 Å². The molecule has 19 heavy (non-hydrogen) atoms. The summed E-state index contributed by atoms with van der Waals surface area (Å²) in [6.45, 7) is 4.71. The average Bonchev–Trinajstić information content (AvgIpc) is 2.37. The van der Waals surface area contributed by atoms with E-state index in [2.05, 4.69) is 6.92 Å². The molecule has 1 unspecified atom stereocenters. The van der Waals surface area contributed by atoms with Crippen molar-refractivity contribution in [3.8, 4) is 5.75 Å². The van der Waals surface area contributed by atoms with Crippen LogP contribution < -0.4 is 4.74 Å². The molecular formula is C13H19ClO3S2. The number of halogens is 1. The second-order valence-electron chi connectivity index (χ2n) is 4.29. The molecule has 1 rings (SSSR count). The van der Waals surface area contributed by atoms with Gasteiger partial charge in [-0.25, -0.2) is 8.42 Å². The Labute approximate surface area is 124 Å². The highest BCUT2D eigenvalue weighted by atomic mass is 35.7. The molecule has 0 heterocycles. The Balaban J connectivity index is 3.10. The molecule has 1 atom stereocenters. The van der Waals surface area contributed by atoms with Gasteiger partial charge in [-0.1, -0.05) is 13.8 Å². The summed E-state index contributed by atoms with van der Waals surface area (Å²) in [5.41, 5.74) is 0.894. The van der Waals surface area contributed by atoms with Crippen molar-refractivity contribution in [1.82, 2.24) is 0 Å². The quantitative estimate of drug-likeness (QED) is 0.564. The Morgan fingerprint density at radius 2 is 2.11 bits per heavy atom. The molecule has 0 aliphatic carbocycles. The molecule has 108 valence electrons. The Morgan fingerprint density at radius 1 is 1.42 bits per heavy atom. The van der Waals surface area contributed by atoms with E-state index < -0.39 is 9.05 Å². The fraction of sp³-hybridized carbons (Fsp3) is 0.538. The third kappa shape index (κ3) is 4.89. The number of thioether (sulfide) groups is 1. The third-order valence-electron chi connectivity index (χ3n) is 2.95. The van der Waals surface area contributed by atoms with E-state index in [0.717, 1.165) is 23.5 Å². The van der Waals surface area contributed by atoms with Crippen molar-refractivity contribution in [2.45, 2.75) is 31.1 Å². The van der Waals surface area contributed by atoms with Crippen LogP contribution in [0.5, 0.6) is 5.75 Å². The van der Waals surface area contributed by atoms with Crippen LogP contribution >= 0.6 is 22.4 Å². The molecule has 0 radical (unpaired) electrons. The van der Waals surface area contributed by atoms with Gasteiger partial charge in [0.25, 0.3) is 9.05 Å². The van der Waals surface area contributed by atoms with Crippen molar-refractivity contribution in [1.29, 1.82) is 0 Å². The Bertz CT molecular complexity index is 515. The van der Waals surface area contributed by atoms with E-state index >= 15 is 0 Å². The fourth-order valence-corrected chi connectivity index (χ4v) is 2.69. The Morgan fingerprint density at radius 3 is 2.63 bits per heavy atom. The molecule has 0 saturated heterocycles. The maximum absolute atomic E-state index is 11.4. The zero-order chi connectivity index (χ0) is 14.5. The molecule has 3 nitrogen and oxygen atoms in total. The second kappa shape index (κ2) is 7.41.